The van der Waals surface area contributed by atoms with Gasteiger partial charge in [0.2, 0.25) is 0 Å². The quantitative estimate of drug-likeness (QED) is 0.876. The van der Waals surface area contributed by atoms with Gasteiger partial charge in [0.05, 0.1) is 5.69 Å². The van der Waals surface area contributed by atoms with Gasteiger partial charge in [-0.05, 0) is 18.4 Å². The van der Waals surface area contributed by atoms with Gasteiger partial charge in [0, 0.05) is 42.7 Å². The zero-order chi connectivity index (χ0) is 15.4. The Balaban J connectivity index is 1.58. The van der Waals surface area contributed by atoms with E-state index in [2.05, 4.69) is 15.2 Å². The summed E-state index contributed by atoms with van der Waals surface area (Å²) >= 11 is 3.27. The van der Waals surface area contributed by atoms with Gasteiger partial charge in [0.25, 0.3) is 0 Å². The number of urea groups is 1. The predicted octanol–water partition coefficient (Wildman–Crippen LogP) is 3.22. The fourth-order valence-electron chi connectivity index (χ4n) is 2.42. The van der Waals surface area contributed by atoms with E-state index in [4.69, 9.17) is 0 Å². The lowest BCUT2D eigenvalue weighted by atomic mass is 10.3. The van der Waals surface area contributed by atoms with Crippen LogP contribution in [0.2, 0.25) is 0 Å². The first-order chi connectivity index (χ1) is 10.8. The van der Waals surface area contributed by atoms with Crippen LogP contribution in [-0.2, 0) is 0 Å². The van der Waals surface area contributed by atoms with Crippen LogP contribution in [0.1, 0.15) is 0 Å². The van der Waals surface area contributed by atoms with Crippen LogP contribution in [0.4, 0.5) is 15.6 Å². The molecule has 0 atom stereocenters. The van der Waals surface area contributed by atoms with Crippen molar-refractivity contribution in [3.05, 3.63) is 35.8 Å². The number of carbonyl (C=O) groups excluding carboxylic acids is 1. The molecule has 1 aromatic carbocycles. The summed E-state index contributed by atoms with van der Waals surface area (Å²) in [7, 11) is 0. The first-order valence-electron chi connectivity index (χ1n) is 7.11. The second-order valence-electron chi connectivity index (χ2n) is 4.92. The molecule has 1 aliphatic rings. The molecule has 2 amide bonds. The summed E-state index contributed by atoms with van der Waals surface area (Å²) < 4.78 is 0. The summed E-state index contributed by atoms with van der Waals surface area (Å²) in [6.07, 6.45) is 3.83. The molecular weight excluding hydrogens is 316 g/mol. The SMILES string of the molecule is CSc1ccccc1NC(=O)N1CCN(c2nccs2)CC1. The van der Waals surface area contributed by atoms with Crippen molar-refractivity contribution in [3.8, 4) is 0 Å². The van der Waals surface area contributed by atoms with Gasteiger partial charge in [-0.15, -0.1) is 23.1 Å². The number of thiazole rings is 1. The Bertz CT molecular complexity index is 624. The Labute approximate surface area is 138 Å². The van der Waals surface area contributed by atoms with Gasteiger partial charge in [-0.2, -0.15) is 0 Å². The number of benzene rings is 1. The summed E-state index contributed by atoms with van der Waals surface area (Å²) in [6, 6.07) is 7.85. The van der Waals surface area contributed by atoms with Gasteiger partial charge in [0.1, 0.15) is 0 Å². The smallest absolute Gasteiger partial charge is 0.321 e. The van der Waals surface area contributed by atoms with Crippen LogP contribution in [0.5, 0.6) is 0 Å². The van der Waals surface area contributed by atoms with E-state index in [9.17, 15) is 4.79 Å². The summed E-state index contributed by atoms with van der Waals surface area (Å²) in [5, 5.41) is 6.03. The van der Waals surface area contributed by atoms with Crippen molar-refractivity contribution in [2.75, 3.05) is 42.7 Å². The molecule has 22 heavy (non-hydrogen) atoms. The number of rotatable bonds is 3. The molecule has 1 aliphatic heterocycles. The van der Waals surface area contributed by atoms with Crippen molar-refractivity contribution < 1.29 is 4.79 Å². The molecule has 3 rings (SSSR count). The second-order valence-corrected chi connectivity index (χ2v) is 6.64. The third-order valence-electron chi connectivity index (χ3n) is 3.61. The summed E-state index contributed by atoms with van der Waals surface area (Å²) in [5.41, 5.74) is 0.877. The van der Waals surface area contributed by atoms with Gasteiger partial charge < -0.3 is 15.1 Å². The number of hydrogen-bond donors (Lipinski definition) is 1. The number of aromatic nitrogens is 1. The molecule has 0 radical (unpaired) electrons. The number of anilines is 2. The van der Waals surface area contributed by atoms with Gasteiger partial charge in [-0.1, -0.05) is 12.1 Å². The average Bonchev–Trinajstić information content (AvgIpc) is 3.10. The lowest BCUT2D eigenvalue weighted by Gasteiger charge is -2.34. The van der Waals surface area contributed by atoms with Gasteiger partial charge in [-0.3, -0.25) is 0 Å². The van der Waals surface area contributed by atoms with Crippen molar-refractivity contribution in [3.63, 3.8) is 0 Å². The summed E-state index contributed by atoms with van der Waals surface area (Å²) in [4.78, 5) is 21.9. The highest BCUT2D eigenvalue weighted by Gasteiger charge is 2.22. The molecule has 1 aromatic heterocycles. The lowest BCUT2D eigenvalue weighted by molar-refractivity contribution is 0.208. The predicted molar refractivity (Wildman–Crippen MR) is 93.1 cm³/mol. The van der Waals surface area contributed by atoms with E-state index in [1.807, 2.05) is 47.0 Å². The summed E-state index contributed by atoms with van der Waals surface area (Å²) in [6.45, 7) is 3.08. The summed E-state index contributed by atoms with van der Waals surface area (Å²) in [5.74, 6) is 0. The molecule has 1 fully saturated rings. The molecule has 1 saturated heterocycles. The van der Waals surface area contributed by atoms with E-state index < -0.39 is 0 Å². The molecule has 116 valence electrons. The van der Waals surface area contributed by atoms with Crippen molar-refractivity contribution in [1.82, 2.24) is 9.88 Å². The van der Waals surface area contributed by atoms with Crippen LogP contribution >= 0.6 is 23.1 Å². The van der Waals surface area contributed by atoms with Crippen molar-refractivity contribution in [1.29, 1.82) is 0 Å². The number of hydrogen-bond acceptors (Lipinski definition) is 5. The highest BCUT2D eigenvalue weighted by Crippen LogP contribution is 2.25. The lowest BCUT2D eigenvalue weighted by Crippen LogP contribution is -2.50. The minimum Gasteiger partial charge on any atom is -0.345 e. The topological polar surface area (TPSA) is 48.5 Å². The van der Waals surface area contributed by atoms with E-state index in [1.165, 1.54) is 0 Å². The maximum atomic E-state index is 12.4. The Kier molecular flexibility index (Phi) is 4.84. The van der Waals surface area contributed by atoms with Crippen LogP contribution in [-0.4, -0.2) is 48.3 Å². The maximum Gasteiger partial charge on any atom is 0.321 e. The van der Waals surface area contributed by atoms with Crippen LogP contribution in [0.3, 0.4) is 0 Å². The first-order valence-corrected chi connectivity index (χ1v) is 9.22. The Hall–Kier alpha value is -1.73. The molecule has 0 spiro atoms. The number of thioether (sulfide) groups is 1. The highest BCUT2D eigenvalue weighted by molar-refractivity contribution is 7.98. The fourth-order valence-corrected chi connectivity index (χ4v) is 3.67. The van der Waals surface area contributed by atoms with Crippen LogP contribution in [0.25, 0.3) is 0 Å². The number of para-hydroxylation sites is 1. The van der Waals surface area contributed by atoms with E-state index in [0.717, 1.165) is 28.8 Å². The van der Waals surface area contributed by atoms with Crippen molar-refractivity contribution in [2.45, 2.75) is 4.90 Å². The molecule has 0 unspecified atom stereocenters. The maximum absolute atomic E-state index is 12.4. The monoisotopic (exact) mass is 334 g/mol. The van der Waals surface area contributed by atoms with Gasteiger partial charge in [-0.25, -0.2) is 9.78 Å². The molecule has 7 heteroatoms. The third kappa shape index (κ3) is 3.36. The average molecular weight is 334 g/mol. The zero-order valence-corrected chi connectivity index (χ0v) is 14.0. The number of piperazine rings is 1. The molecular formula is C15H18N4OS2. The number of carbonyl (C=O) groups is 1. The molecule has 5 nitrogen and oxygen atoms in total. The normalized spacial score (nSPS) is 15.0. The molecule has 0 aliphatic carbocycles. The van der Waals surface area contributed by atoms with E-state index in [-0.39, 0.29) is 6.03 Å². The Morgan fingerprint density at radius 2 is 2.05 bits per heavy atom. The van der Waals surface area contributed by atoms with E-state index >= 15 is 0 Å². The van der Waals surface area contributed by atoms with Gasteiger partial charge >= 0.3 is 6.03 Å². The first kappa shape index (κ1) is 15.2. The van der Waals surface area contributed by atoms with Gasteiger partial charge in [0.15, 0.2) is 5.13 Å². The fraction of sp³-hybridized carbons (Fsp3) is 0.333. The molecule has 2 heterocycles. The largest absolute Gasteiger partial charge is 0.345 e. The standard InChI is InChI=1S/C15H18N4OS2/c1-21-13-5-3-2-4-12(13)17-14(20)18-7-9-19(10-8-18)15-16-6-11-22-15/h2-6,11H,7-10H2,1H3,(H,17,20). The number of nitrogens with one attached hydrogen (secondary N) is 1. The third-order valence-corrected chi connectivity index (χ3v) is 5.23. The Morgan fingerprint density at radius 3 is 2.73 bits per heavy atom. The minimum atomic E-state index is -0.0275. The minimum absolute atomic E-state index is 0.0275. The number of amides is 2. The van der Waals surface area contributed by atoms with Crippen molar-refractivity contribution in [2.24, 2.45) is 0 Å². The molecule has 0 saturated carbocycles. The van der Waals surface area contributed by atoms with E-state index in [0.29, 0.717) is 13.1 Å². The molecule has 0 bridgehead atoms. The van der Waals surface area contributed by atoms with E-state index in [1.54, 1.807) is 23.1 Å². The highest BCUT2D eigenvalue weighted by atomic mass is 32.2. The zero-order valence-electron chi connectivity index (χ0n) is 12.4. The number of nitrogens with zero attached hydrogens (tertiary/aromatic N) is 3. The van der Waals surface area contributed by atoms with Crippen LogP contribution in [0, 0.1) is 0 Å². The molecule has 2 aromatic rings. The van der Waals surface area contributed by atoms with Crippen LogP contribution < -0.4 is 10.2 Å². The molecule has 1 N–H and O–H groups in total. The Morgan fingerprint density at radius 1 is 1.27 bits per heavy atom. The van der Waals surface area contributed by atoms with Crippen molar-refractivity contribution >= 4 is 39.9 Å². The van der Waals surface area contributed by atoms with Crippen LogP contribution in [0.15, 0.2) is 40.7 Å². The second kappa shape index (κ2) is 7.02.